The summed E-state index contributed by atoms with van der Waals surface area (Å²) in [5, 5.41) is 1.74. The molecule has 1 N–H and O–H groups in total. The van der Waals surface area contributed by atoms with Gasteiger partial charge in [0.25, 0.3) is 10.0 Å². The average molecular weight is 284 g/mol. The molecule has 0 fully saturated rings. The normalized spacial score (nSPS) is 12.3. The first-order chi connectivity index (χ1) is 5.93. The van der Waals surface area contributed by atoms with E-state index in [1.165, 1.54) is 11.3 Å². The zero-order valence-electron chi connectivity index (χ0n) is 7.24. The smallest absolute Gasteiger partial charge is 0.208 e. The predicted octanol–water partition coefficient (Wildman–Crippen LogP) is 2.20. The fraction of sp³-hybridized carbons (Fsp3) is 0.429. The molecule has 0 aliphatic carbocycles. The average Bonchev–Trinajstić information content (AvgIpc) is 2.32. The van der Waals surface area contributed by atoms with Crippen LogP contribution in [0.1, 0.15) is 13.8 Å². The van der Waals surface area contributed by atoms with Gasteiger partial charge in [0.2, 0.25) is 0 Å². The summed E-state index contributed by atoms with van der Waals surface area (Å²) in [5.74, 6) is 0. The summed E-state index contributed by atoms with van der Waals surface area (Å²) in [5.41, 5.74) is 0. The molecule has 6 heteroatoms. The highest BCUT2D eigenvalue weighted by molar-refractivity contribution is 9.10. The summed E-state index contributed by atoms with van der Waals surface area (Å²) >= 11 is 4.38. The Morgan fingerprint density at radius 2 is 2.15 bits per heavy atom. The van der Waals surface area contributed by atoms with Crippen LogP contribution in [-0.4, -0.2) is 14.5 Å². The topological polar surface area (TPSA) is 46.2 Å². The van der Waals surface area contributed by atoms with Crippen LogP contribution in [0.15, 0.2) is 20.1 Å². The summed E-state index contributed by atoms with van der Waals surface area (Å²) in [4.78, 5) is 0. The van der Waals surface area contributed by atoms with E-state index >= 15 is 0 Å². The monoisotopic (exact) mass is 283 g/mol. The van der Waals surface area contributed by atoms with Gasteiger partial charge in [-0.05, 0) is 41.2 Å². The van der Waals surface area contributed by atoms with Gasteiger partial charge in [-0.25, -0.2) is 13.1 Å². The van der Waals surface area contributed by atoms with Gasteiger partial charge in [-0.1, -0.05) is 0 Å². The number of hydrogen-bond acceptors (Lipinski definition) is 3. The summed E-state index contributed by atoms with van der Waals surface area (Å²) in [6.07, 6.45) is 0. The van der Waals surface area contributed by atoms with E-state index in [0.29, 0.717) is 8.68 Å². The van der Waals surface area contributed by atoms with Crippen molar-refractivity contribution in [3.05, 3.63) is 15.9 Å². The van der Waals surface area contributed by atoms with E-state index in [4.69, 9.17) is 0 Å². The van der Waals surface area contributed by atoms with E-state index in [2.05, 4.69) is 20.7 Å². The molecule has 0 unspecified atom stereocenters. The first kappa shape index (κ1) is 11.2. The maximum Gasteiger partial charge on any atom is 0.251 e. The molecule has 0 bridgehead atoms. The lowest BCUT2D eigenvalue weighted by atomic mass is 10.4. The number of sulfonamides is 1. The highest BCUT2D eigenvalue weighted by Gasteiger charge is 2.19. The molecule has 0 aliphatic heterocycles. The van der Waals surface area contributed by atoms with Gasteiger partial charge in [-0.3, -0.25) is 0 Å². The van der Waals surface area contributed by atoms with Crippen LogP contribution in [0.4, 0.5) is 0 Å². The third-order valence-corrected chi connectivity index (χ3v) is 5.55. The zero-order valence-corrected chi connectivity index (χ0v) is 10.5. The lowest BCUT2D eigenvalue weighted by Crippen LogP contribution is -2.29. The van der Waals surface area contributed by atoms with Crippen LogP contribution in [0.5, 0.6) is 0 Å². The second kappa shape index (κ2) is 4.08. The minimum atomic E-state index is -3.33. The molecule has 0 aromatic carbocycles. The number of rotatable bonds is 3. The van der Waals surface area contributed by atoms with Crippen molar-refractivity contribution in [3.63, 3.8) is 0 Å². The van der Waals surface area contributed by atoms with E-state index in [1.807, 2.05) is 0 Å². The number of thiophene rings is 1. The maximum atomic E-state index is 11.6. The van der Waals surface area contributed by atoms with Crippen LogP contribution >= 0.6 is 27.3 Å². The molecule has 0 amide bonds. The first-order valence-electron chi connectivity index (χ1n) is 3.69. The highest BCUT2D eigenvalue weighted by Crippen LogP contribution is 2.27. The van der Waals surface area contributed by atoms with Gasteiger partial charge in [0, 0.05) is 10.5 Å². The van der Waals surface area contributed by atoms with Gasteiger partial charge in [-0.2, -0.15) is 0 Å². The van der Waals surface area contributed by atoms with Gasteiger partial charge in [0.05, 0.1) is 0 Å². The number of hydrogen-bond donors (Lipinski definition) is 1. The molecule has 0 radical (unpaired) electrons. The van der Waals surface area contributed by atoms with Crippen LogP contribution in [0, 0.1) is 0 Å². The quantitative estimate of drug-likeness (QED) is 0.925. The Morgan fingerprint density at radius 3 is 2.54 bits per heavy atom. The zero-order chi connectivity index (χ0) is 10.1. The van der Waals surface area contributed by atoms with Crippen LogP contribution < -0.4 is 4.72 Å². The summed E-state index contributed by atoms with van der Waals surface area (Å²) in [7, 11) is -3.33. The van der Waals surface area contributed by atoms with Crippen molar-refractivity contribution in [2.24, 2.45) is 0 Å². The van der Waals surface area contributed by atoms with Gasteiger partial charge in [0.15, 0.2) is 0 Å². The van der Waals surface area contributed by atoms with Crippen molar-refractivity contribution in [2.45, 2.75) is 24.1 Å². The summed E-state index contributed by atoms with van der Waals surface area (Å²) in [6.45, 7) is 3.58. The van der Waals surface area contributed by atoms with Crippen molar-refractivity contribution >= 4 is 37.3 Å². The van der Waals surface area contributed by atoms with E-state index in [0.717, 1.165) is 0 Å². The van der Waals surface area contributed by atoms with Crippen molar-refractivity contribution in [3.8, 4) is 0 Å². The first-order valence-corrected chi connectivity index (χ1v) is 6.84. The van der Waals surface area contributed by atoms with Crippen molar-refractivity contribution in [1.82, 2.24) is 4.72 Å². The molecule has 0 atom stereocenters. The van der Waals surface area contributed by atoms with Crippen LogP contribution in [-0.2, 0) is 10.0 Å². The van der Waals surface area contributed by atoms with E-state index in [9.17, 15) is 8.42 Å². The van der Waals surface area contributed by atoms with Gasteiger partial charge in [-0.15, -0.1) is 11.3 Å². The Kier molecular flexibility index (Phi) is 3.50. The summed E-state index contributed by atoms with van der Waals surface area (Å²) in [6, 6.07) is 1.64. The standard InChI is InChI=1S/C7H10BrNO2S2/c1-5(2)9-13(10,11)7-6(8)3-4-12-7/h3-5,9H,1-2H3. The third kappa shape index (κ3) is 2.77. The van der Waals surface area contributed by atoms with Gasteiger partial charge >= 0.3 is 0 Å². The van der Waals surface area contributed by atoms with E-state index in [1.54, 1.807) is 25.3 Å². The van der Waals surface area contributed by atoms with Crippen molar-refractivity contribution < 1.29 is 8.42 Å². The molecule has 1 heterocycles. The minimum Gasteiger partial charge on any atom is -0.208 e. The largest absolute Gasteiger partial charge is 0.251 e. The summed E-state index contributed by atoms with van der Waals surface area (Å²) < 4.78 is 26.7. The van der Waals surface area contributed by atoms with Crippen LogP contribution in [0.3, 0.4) is 0 Å². The lowest BCUT2D eigenvalue weighted by Gasteiger charge is -2.07. The molecule has 0 saturated heterocycles. The number of nitrogens with one attached hydrogen (secondary N) is 1. The molecule has 3 nitrogen and oxygen atoms in total. The second-order valence-corrected chi connectivity index (χ2v) is 6.51. The Hall–Kier alpha value is 0.0900. The van der Waals surface area contributed by atoms with Crippen molar-refractivity contribution in [1.29, 1.82) is 0 Å². The number of halogens is 1. The fourth-order valence-corrected chi connectivity index (χ4v) is 4.44. The Labute approximate surface area is 90.3 Å². The molecular weight excluding hydrogens is 274 g/mol. The second-order valence-electron chi connectivity index (χ2n) is 2.83. The predicted molar refractivity (Wildman–Crippen MR) is 57.5 cm³/mol. The van der Waals surface area contributed by atoms with Crippen molar-refractivity contribution in [2.75, 3.05) is 0 Å². The Balaban J connectivity index is 3.02. The molecule has 1 rings (SSSR count). The molecule has 0 spiro atoms. The molecule has 1 aromatic heterocycles. The molecule has 74 valence electrons. The highest BCUT2D eigenvalue weighted by atomic mass is 79.9. The van der Waals surface area contributed by atoms with Gasteiger partial charge in [0.1, 0.15) is 4.21 Å². The van der Waals surface area contributed by atoms with Gasteiger partial charge < -0.3 is 0 Å². The van der Waals surface area contributed by atoms with Crippen LogP contribution in [0.2, 0.25) is 0 Å². The lowest BCUT2D eigenvalue weighted by molar-refractivity contribution is 0.571. The SMILES string of the molecule is CC(C)NS(=O)(=O)c1sccc1Br. The molecule has 13 heavy (non-hydrogen) atoms. The fourth-order valence-electron chi connectivity index (χ4n) is 0.835. The maximum absolute atomic E-state index is 11.6. The Morgan fingerprint density at radius 1 is 1.54 bits per heavy atom. The molecule has 1 aromatic rings. The van der Waals surface area contributed by atoms with Crippen LogP contribution in [0.25, 0.3) is 0 Å². The third-order valence-electron chi connectivity index (χ3n) is 1.22. The van der Waals surface area contributed by atoms with E-state index < -0.39 is 10.0 Å². The molecule has 0 saturated carbocycles. The Bertz CT molecular complexity index is 383. The molecule has 0 aliphatic rings. The van der Waals surface area contributed by atoms with E-state index in [-0.39, 0.29) is 6.04 Å². The molecular formula is C7H10BrNO2S2. The minimum absolute atomic E-state index is 0.0843.